The Morgan fingerprint density at radius 2 is 2.12 bits per heavy atom. The third-order valence-corrected chi connectivity index (χ3v) is 4.35. The van der Waals surface area contributed by atoms with Crippen LogP contribution in [0.1, 0.15) is 39.0 Å². The summed E-state index contributed by atoms with van der Waals surface area (Å²) in [6.07, 6.45) is 4.95. The zero-order valence-corrected chi connectivity index (χ0v) is 10.7. The van der Waals surface area contributed by atoms with Crippen molar-refractivity contribution in [3.8, 4) is 0 Å². The Hall–Kier alpha value is -0.610. The van der Waals surface area contributed by atoms with E-state index in [0.717, 1.165) is 51.1 Å². The number of carbonyl (C=O) groups is 1. The second-order valence-corrected chi connectivity index (χ2v) is 5.80. The molecular weight excluding hydrogens is 216 g/mol. The lowest BCUT2D eigenvalue weighted by Gasteiger charge is -2.39. The highest BCUT2D eigenvalue weighted by atomic mass is 16.3. The van der Waals surface area contributed by atoms with Gasteiger partial charge >= 0.3 is 0 Å². The standard InChI is InChI=1S/C13H24N2O2/c1-10-2-5-13(9-16,6-3-10)15-12(17)11-4-7-14-8-11/h10-11,14,16H,2-9H2,1H3,(H,15,17). The molecule has 0 spiro atoms. The highest BCUT2D eigenvalue weighted by Crippen LogP contribution is 2.32. The maximum Gasteiger partial charge on any atom is 0.224 e. The van der Waals surface area contributed by atoms with Crippen molar-refractivity contribution in [1.29, 1.82) is 0 Å². The molecule has 2 fully saturated rings. The number of aliphatic hydroxyl groups is 1. The molecule has 4 heteroatoms. The van der Waals surface area contributed by atoms with Crippen LogP contribution in [0.2, 0.25) is 0 Å². The van der Waals surface area contributed by atoms with Gasteiger partial charge in [0.2, 0.25) is 5.91 Å². The van der Waals surface area contributed by atoms with Gasteiger partial charge in [0.1, 0.15) is 0 Å². The minimum atomic E-state index is -0.341. The van der Waals surface area contributed by atoms with Crippen LogP contribution in [0.4, 0.5) is 0 Å². The van der Waals surface area contributed by atoms with Crippen molar-refractivity contribution < 1.29 is 9.90 Å². The van der Waals surface area contributed by atoms with E-state index in [1.807, 2.05) is 0 Å². The Balaban J connectivity index is 1.92. The van der Waals surface area contributed by atoms with Crippen LogP contribution in [0.25, 0.3) is 0 Å². The van der Waals surface area contributed by atoms with E-state index in [1.165, 1.54) is 0 Å². The maximum absolute atomic E-state index is 12.1. The summed E-state index contributed by atoms with van der Waals surface area (Å²) in [5.41, 5.74) is -0.341. The van der Waals surface area contributed by atoms with Crippen molar-refractivity contribution in [2.75, 3.05) is 19.7 Å². The van der Waals surface area contributed by atoms with E-state index in [9.17, 15) is 9.90 Å². The zero-order chi connectivity index (χ0) is 12.3. The summed E-state index contributed by atoms with van der Waals surface area (Å²) >= 11 is 0. The van der Waals surface area contributed by atoms with Gasteiger partial charge in [-0.2, -0.15) is 0 Å². The third-order valence-electron chi connectivity index (χ3n) is 4.35. The molecule has 2 rings (SSSR count). The molecule has 3 N–H and O–H groups in total. The molecule has 1 aliphatic heterocycles. The first kappa shape index (κ1) is 12.8. The lowest BCUT2D eigenvalue weighted by molar-refractivity contribution is -0.127. The van der Waals surface area contributed by atoms with Gasteiger partial charge in [-0.3, -0.25) is 4.79 Å². The number of hydrogen-bond acceptors (Lipinski definition) is 3. The van der Waals surface area contributed by atoms with Gasteiger partial charge in [0.15, 0.2) is 0 Å². The van der Waals surface area contributed by atoms with Gasteiger partial charge in [0, 0.05) is 6.54 Å². The third kappa shape index (κ3) is 2.99. The predicted octanol–water partition coefficient (Wildman–Crippen LogP) is 0.653. The molecule has 98 valence electrons. The highest BCUT2D eigenvalue weighted by Gasteiger charge is 2.36. The first-order valence-electron chi connectivity index (χ1n) is 6.79. The first-order valence-corrected chi connectivity index (χ1v) is 6.79. The Bertz CT molecular complexity index is 267. The van der Waals surface area contributed by atoms with Crippen molar-refractivity contribution in [3.63, 3.8) is 0 Å². The summed E-state index contributed by atoms with van der Waals surface area (Å²) in [6.45, 7) is 4.03. The molecule has 0 radical (unpaired) electrons. The van der Waals surface area contributed by atoms with Crippen molar-refractivity contribution in [2.24, 2.45) is 11.8 Å². The molecule has 1 unspecified atom stereocenters. The van der Waals surface area contributed by atoms with Gasteiger partial charge in [0.25, 0.3) is 0 Å². The van der Waals surface area contributed by atoms with E-state index < -0.39 is 0 Å². The minimum Gasteiger partial charge on any atom is -0.394 e. The lowest BCUT2D eigenvalue weighted by Crippen LogP contribution is -2.55. The summed E-state index contributed by atoms with van der Waals surface area (Å²) in [7, 11) is 0. The Labute approximate surface area is 103 Å². The summed E-state index contributed by atoms with van der Waals surface area (Å²) in [5, 5.41) is 15.9. The fraction of sp³-hybridized carbons (Fsp3) is 0.923. The minimum absolute atomic E-state index is 0.0750. The highest BCUT2D eigenvalue weighted by molar-refractivity contribution is 5.80. The molecule has 2 aliphatic rings. The van der Waals surface area contributed by atoms with Gasteiger partial charge in [-0.1, -0.05) is 6.92 Å². The SMILES string of the molecule is CC1CCC(CO)(NC(=O)C2CCNC2)CC1. The first-order chi connectivity index (χ1) is 8.15. The number of nitrogens with one attached hydrogen (secondary N) is 2. The van der Waals surface area contributed by atoms with Gasteiger partial charge in [0.05, 0.1) is 18.1 Å². The number of hydrogen-bond donors (Lipinski definition) is 3. The maximum atomic E-state index is 12.1. The topological polar surface area (TPSA) is 61.4 Å². The molecular formula is C13H24N2O2. The van der Waals surface area contributed by atoms with Gasteiger partial charge in [-0.05, 0) is 44.6 Å². The molecule has 1 heterocycles. The Morgan fingerprint density at radius 1 is 1.41 bits per heavy atom. The van der Waals surface area contributed by atoms with Crippen molar-refractivity contribution >= 4 is 5.91 Å². The van der Waals surface area contributed by atoms with Crippen LogP contribution >= 0.6 is 0 Å². The van der Waals surface area contributed by atoms with Crippen LogP contribution < -0.4 is 10.6 Å². The van der Waals surface area contributed by atoms with E-state index in [2.05, 4.69) is 17.6 Å². The quantitative estimate of drug-likeness (QED) is 0.679. The second kappa shape index (κ2) is 5.36. The Morgan fingerprint density at radius 3 is 2.65 bits per heavy atom. The molecule has 1 atom stereocenters. The number of carbonyl (C=O) groups excluding carboxylic acids is 1. The van der Waals surface area contributed by atoms with E-state index in [4.69, 9.17) is 0 Å². The van der Waals surface area contributed by atoms with Crippen LogP contribution in [-0.4, -0.2) is 36.2 Å². The predicted molar refractivity (Wildman–Crippen MR) is 66.6 cm³/mol. The monoisotopic (exact) mass is 240 g/mol. The normalized spacial score (nSPS) is 38.0. The molecule has 1 aliphatic carbocycles. The molecule has 1 saturated heterocycles. The lowest BCUT2D eigenvalue weighted by atomic mass is 9.77. The van der Waals surface area contributed by atoms with Crippen LogP contribution in [0.15, 0.2) is 0 Å². The van der Waals surface area contributed by atoms with Crippen molar-refractivity contribution in [3.05, 3.63) is 0 Å². The van der Waals surface area contributed by atoms with Gasteiger partial charge in [-0.25, -0.2) is 0 Å². The van der Waals surface area contributed by atoms with Crippen LogP contribution in [0.3, 0.4) is 0 Å². The largest absolute Gasteiger partial charge is 0.394 e. The van der Waals surface area contributed by atoms with Crippen molar-refractivity contribution in [2.45, 2.75) is 44.6 Å². The summed E-state index contributed by atoms with van der Waals surface area (Å²) < 4.78 is 0. The summed E-state index contributed by atoms with van der Waals surface area (Å²) in [6, 6.07) is 0. The molecule has 4 nitrogen and oxygen atoms in total. The molecule has 0 aromatic rings. The van der Waals surface area contributed by atoms with Crippen LogP contribution in [0, 0.1) is 11.8 Å². The van der Waals surface area contributed by atoms with Crippen LogP contribution in [-0.2, 0) is 4.79 Å². The summed E-state index contributed by atoms with van der Waals surface area (Å²) in [5.74, 6) is 0.941. The van der Waals surface area contributed by atoms with Gasteiger partial charge in [-0.15, -0.1) is 0 Å². The molecule has 0 aromatic heterocycles. The second-order valence-electron chi connectivity index (χ2n) is 5.80. The van der Waals surface area contributed by atoms with E-state index >= 15 is 0 Å². The molecule has 0 aromatic carbocycles. The average Bonchev–Trinajstić information content (AvgIpc) is 2.86. The van der Waals surface area contributed by atoms with E-state index in [-0.39, 0.29) is 24.0 Å². The number of aliphatic hydroxyl groups excluding tert-OH is 1. The smallest absolute Gasteiger partial charge is 0.224 e. The molecule has 1 saturated carbocycles. The van der Waals surface area contributed by atoms with Gasteiger partial charge < -0.3 is 15.7 Å². The fourth-order valence-corrected chi connectivity index (χ4v) is 2.88. The van der Waals surface area contributed by atoms with Crippen LogP contribution in [0.5, 0.6) is 0 Å². The Kier molecular flexibility index (Phi) is 4.05. The molecule has 17 heavy (non-hydrogen) atoms. The zero-order valence-electron chi connectivity index (χ0n) is 10.7. The molecule has 1 amide bonds. The van der Waals surface area contributed by atoms with E-state index in [0.29, 0.717) is 0 Å². The fourth-order valence-electron chi connectivity index (χ4n) is 2.88. The number of rotatable bonds is 3. The average molecular weight is 240 g/mol. The van der Waals surface area contributed by atoms with Crippen molar-refractivity contribution in [1.82, 2.24) is 10.6 Å². The number of amides is 1. The summed E-state index contributed by atoms with van der Waals surface area (Å²) in [4.78, 5) is 12.1. The van der Waals surface area contributed by atoms with E-state index in [1.54, 1.807) is 0 Å². The molecule has 0 bridgehead atoms.